The summed E-state index contributed by atoms with van der Waals surface area (Å²) >= 11 is 0. The van der Waals surface area contributed by atoms with Gasteiger partial charge in [0.15, 0.2) is 0 Å². The van der Waals surface area contributed by atoms with Gasteiger partial charge in [-0.25, -0.2) is 0 Å². The third-order valence-electron chi connectivity index (χ3n) is 1.06. The van der Waals surface area contributed by atoms with Gasteiger partial charge in [-0.2, -0.15) is 0 Å². The highest BCUT2D eigenvalue weighted by atomic mass is 16.2. The van der Waals surface area contributed by atoms with Crippen LogP contribution in [0.2, 0.25) is 0 Å². The van der Waals surface area contributed by atoms with E-state index in [1.54, 1.807) is 13.1 Å². The van der Waals surface area contributed by atoms with Gasteiger partial charge in [0, 0.05) is 19.0 Å². The van der Waals surface area contributed by atoms with Crippen LogP contribution in [0.5, 0.6) is 0 Å². The first-order chi connectivity index (χ1) is 5.76. The molecule has 0 aliphatic carbocycles. The van der Waals surface area contributed by atoms with Crippen LogP contribution in [0.25, 0.3) is 0 Å². The standard InChI is InChI=1S/C8H13N.C2H6O/c1-4-8(5-2)7-9-6-3;1-2-3/h4,6-7H,1,5H2,2-3H3;3H,2H2,1H3/b8-7-,9-6?;. The van der Waals surface area contributed by atoms with E-state index in [9.17, 15) is 0 Å². The molecule has 0 unspecified atom stereocenters. The Morgan fingerprint density at radius 1 is 1.50 bits per heavy atom. The SMILES string of the molecule is C=C/C(=C/N=CC)CC.CCO. The Balaban J connectivity index is 0. The molecule has 0 saturated carbocycles. The van der Waals surface area contributed by atoms with Crippen LogP contribution < -0.4 is 0 Å². The van der Waals surface area contributed by atoms with Crippen molar-refractivity contribution in [3.63, 3.8) is 0 Å². The van der Waals surface area contributed by atoms with Crippen LogP contribution in [0.4, 0.5) is 0 Å². The van der Waals surface area contributed by atoms with Crippen LogP contribution in [-0.2, 0) is 0 Å². The van der Waals surface area contributed by atoms with Gasteiger partial charge in [-0.15, -0.1) is 0 Å². The third-order valence-corrected chi connectivity index (χ3v) is 1.06. The molecule has 0 aromatic carbocycles. The van der Waals surface area contributed by atoms with E-state index in [0.717, 1.165) is 6.42 Å². The molecule has 1 N–H and O–H groups in total. The normalized spacial score (nSPS) is 10.8. The number of nitrogens with zero attached hydrogens (tertiary/aromatic N) is 1. The van der Waals surface area contributed by atoms with Crippen molar-refractivity contribution in [2.24, 2.45) is 4.99 Å². The minimum Gasteiger partial charge on any atom is -0.397 e. The van der Waals surface area contributed by atoms with E-state index < -0.39 is 0 Å². The summed E-state index contributed by atoms with van der Waals surface area (Å²) in [5.41, 5.74) is 1.17. The maximum Gasteiger partial charge on any atom is 0.0402 e. The largest absolute Gasteiger partial charge is 0.397 e. The van der Waals surface area contributed by atoms with Crippen molar-refractivity contribution >= 4 is 6.21 Å². The third kappa shape index (κ3) is 11.9. The van der Waals surface area contributed by atoms with E-state index >= 15 is 0 Å². The zero-order valence-corrected chi connectivity index (χ0v) is 8.25. The molecule has 0 heterocycles. The maximum absolute atomic E-state index is 7.57. The fraction of sp³-hybridized carbons (Fsp3) is 0.500. The number of allylic oxidation sites excluding steroid dienone is 2. The second-order valence-electron chi connectivity index (χ2n) is 1.99. The second-order valence-corrected chi connectivity index (χ2v) is 1.99. The highest BCUT2D eigenvalue weighted by Gasteiger charge is 1.80. The highest BCUT2D eigenvalue weighted by molar-refractivity contribution is 5.54. The molecule has 0 radical (unpaired) electrons. The van der Waals surface area contributed by atoms with Crippen LogP contribution in [0.15, 0.2) is 29.4 Å². The molecule has 0 aliphatic rings. The quantitative estimate of drug-likeness (QED) is 0.511. The predicted octanol–water partition coefficient (Wildman–Crippen LogP) is 2.56. The summed E-state index contributed by atoms with van der Waals surface area (Å²) in [4.78, 5) is 3.96. The van der Waals surface area contributed by atoms with Gasteiger partial charge >= 0.3 is 0 Å². The van der Waals surface area contributed by atoms with E-state index in [2.05, 4.69) is 18.5 Å². The summed E-state index contributed by atoms with van der Waals surface area (Å²) in [5, 5.41) is 7.57. The molecule has 0 bridgehead atoms. The van der Waals surface area contributed by atoms with Gasteiger partial charge in [-0.1, -0.05) is 19.6 Å². The van der Waals surface area contributed by atoms with Crippen molar-refractivity contribution in [1.82, 2.24) is 0 Å². The Labute approximate surface area is 75.3 Å². The summed E-state index contributed by atoms with van der Waals surface area (Å²) in [5.74, 6) is 0. The first-order valence-electron chi connectivity index (χ1n) is 4.16. The van der Waals surface area contributed by atoms with Gasteiger partial charge in [0.2, 0.25) is 0 Å². The molecule has 0 rings (SSSR count). The highest BCUT2D eigenvalue weighted by Crippen LogP contribution is 1.99. The first kappa shape index (κ1) is 13.7. The van der Waals surface area contributed by atoms with E-state index in [1.165, 1.54) is 5.57 Å². The number of aliphatic imine (C=N–C) groups is 1. The molecule has 0 fully saturated rings. The van der Waals surface area contributed by atoms with Crippen LogP contribution in [-0.4, -0.2) is 17.9 Å². The van der Waals surface area contributed by atoms with E-state index in [-0.39, 0.29) is 6.61 Å². The Kier molecular flexibility index (Phi) is 14.5. The number of rotatable bonds is 3. The van der Waals surface area contributed by atoms with Crippen molar-refractivity contribution in [1.29, 1.82) is 0 Å². The monoisotopic (exact) mass is 169 g/mol. The molecular formula is C10H19NO. The Morgan fingerprint density at radius 3 is 2.25 bits per heavy atom. The van der Waals surface area contributed by atoms with E-state index in [1.807, 2.05) is 19.2 Å². The lowest BCUT2D eigenvalue weighted by Gasteiger charge is -1.89. The average molecular weight is 169 g/mol. The molecule has 0 aliphatic heterocycles. The van der Waals surface area contributed by atoms with Crippen LogP contribution >= 0.6 is 0 Å². The Hall–Kier alpha value is -0.890. The maximum atomic E-state index is 7.57. The number of aliphatic hydroxyl groups is 1. The number of aliphatic hydroxyl groups excluding tert-OH is 1. The summed E-state index contributed by atoms with van der Waals surface area (Å²) in [6.07, 6.45) is 6.42. The van der Waals surface area contributed by atoms with Crippen molar-refractivity contribution in [3.05, 3.63) is 24.4 Å². The fourth-order valence-corrected chi connectivity index (χ4v) is 0.459. The summed E-state index contributed by atoms with van der Waals surface area (Å²) in [7, 11) is 0. The molecule has 70 valence electrons. The van der Waals surface area contributed by atoms with E-state index in [0.29, 0.717) is 0 Å². The molecule has 12 heavy (non-hydrogen) atoms. The number of hydrogen-bond donors (Lipinski definition) is 1. The smallest absolute Gasteiger partial charge is 0.0402 e. The minimum atomic E-state index is 0.250. The zero-order valence-electron chi connectivity index (χ0n) is 8.25. The van der Waals surface area contributed by atoms with Crippen LogP contribution in [0.3, 0.4) is 0 Å². The van der Waals surface area contributed by atoms with Gasteiger partial charge < -0.3 is 5.11 Å². The molecule has 2 nitrogen and oxygen atoms in total. The molecule has 0 amide bonds. The minimum absolute atomic E-state index is 0.250. The number of hydrogen-bond acceptors (Lipinski definition) is 2. The molecular weight excluding hydrogens is 150 g/mol. The second kappa shape index (κ2) is 12.8. The molecule has 0 aromatic heterocycles. The lowest BCUT2D eigenvalue weighted by Crippen LogP contribution is -1.70. The van der Waals surface area contributed by atoms with Crippen LogP contribution in [0.1, 0.15) is 27.2 Å². The Bertz CT molecular complexity index is 148. The lowest BCUT2D eigenvalue weighted by molar-refractivity contribution is 0.318. The fourth-order valence-electron chi connectivity index (χ4n) is 0.459. The summed E-state index contributed by atoms with van der Waals surface area (Å²) < 4.78 is 0. The van der Waals surface area contributed by atoms with Crippen molar-refractivity contribution in [2.75, 3.05) is 6.61 Å². The topological polar surface area (TPSA) is 32.6 Å². The van der Waals surface area contributed by atoms with Crippen molar-refractivity contribution < 1.29 is 5.11 Å². The summed E-state index contributed by atoms with van der Waals surface area (Å²) in [6, 6.07) is 0. The van der Waals surface area contributed by atoms with Gasteiger partial charge in [0.05, 0.1) is 0 Å². The molecule has 2 heteroatoms. The van der Waals surface area contributed by atoms with Crippen molar-refractivity contribution in [3.8, 4) is 0 Å². The van der Waals surface area contributed by atoms with E-state index in [4.69, 9.17) is 5.11 Å². The van der Waals surface area contributed by atoms with Gasteiger partial charge in [0.25, 0.3) is 0 Å². The Morgan fingerprint density at radius 2 is 2.00 bits per heavy atom. The molecule has 0 spiro atoms. The van der Waals surface area contributed by atoms with Gasteiger partial charge in [0.1, 0.15) is 0 Å². The molecule has 0 aromatic rings. The molecule has 0 saturated heterocycles. The summed E-state index contributed by atoms with van der Waals surface area (Å²) in [6.45, 7) is 9.55. The predicted molar refractivity (Wildman–Crippen MR) is 55.5 cm³/mol. The van der Waals surface area contributed by atoms with Crippen LogP contribution in [0, 0.1) is 0 Å². The first-order valence-corrected chi connectivity index (χ1v) is 4.16. The average Bonchev–Trinajstić information content (AvgIpc) is 2.08. The zero-order chi connectivity index (χ0) is 9.82. The molecule has 0 atom stereocenters. The van der Waals surface area contributed by atoms with Gasteiger partial charge in [-0.3, -0.25) is 4.99 Å². The lowest BCUT2D eigenvalue weighted by atomic mass is 10.2. The van der Waals surface area contributed by atoms with Gasteiger partial charge in [-0.05, 0) is 25.8 Å². The van der Waals surface area contributed by atoms with Crippen molar-refractivity contribution in [2.45, 2.75) is 27.2 Å².